The van der Waals surface area contributed by atoms with Crippen LogP contribution in [0.15, 0.2) is 30.6 Å². The highest BCUT2D eigenvalue weighted by atomic mass is 16.5. The Morgan fingerprint density at radius 1 is 0.895 bits per heavy atom. The van der Waals surface area contributed by atoms with Gasteiger partial charge in [-0.1, -0.05) is 0 Å². The molecule has 1 aromatic heterocycles. The molecule has 0 fully saturated rings. The van der Waals surface area contributed by atoms with Gasteiger partial charge in [0.05, 0.1) is 27.0 Å². The van der Waals surface area contributed by atoms with Gasteiger partial charge in [0.15, 0.2) is 11.5 Å². The van der Waals surface area contributed by atoms with Crippen molar-refractivity contribution in [3.8, 4) is 17.2 Å². The van der Waals surface area contributed by atoms with Gasteiger partial charge in [-0.25, -0.2) is 15.3 Å². The van der Waals surface area contributed by atoms with Crippen molar-refractivity contribution in [3.63, 3.8) is 0 Å². The van der Waals surface area contributed by atoms with Crippen molar-refractivity contribution in [2.45, 2.75) is 0 Å². The Bertz CT molecular complexity index is 521. The molecular weight excluding hydrogens is 246 g/mol. The Labute approximate surface area is 111 Å². The van der Waals surface area contributed by atoms with E-state index < -0.39 is 0 Å². The summed E-state index contributed by atoms with van der Waals surface area (Å²) in [7, 11) is 4.66. The number of methoxy groups -OCH3 is 3. The maximum Gasteiger partial charge on any atom is 0.249 e. The number of aromatic nitrogens is 2. The highest BCUT2D eigenvalue weighted by Crippen LogP contribution is 2.40. The third-order valence-corrected chi connectivity index (χ3v) is 2.43. The first-order valence-corrected chi connectivity index (χ1v) is 5.57. The number of ether oxygens (including phenoxy) is 3. The molecule has 0 N–H and O–H groups in total. The second-order valence-electron chi connectivity index (χ2n) is 3.54. The largest absolute Gasteiger partial charge is 0.493 e. The molecule has 6 nitrogen and oxygen atoms in total. The highest BCUT2D eigenvalue weighted by molar-refractivity contribution is 5.61. The first-order chi connectivity index (χ1) is 9.28. The lowest BCUT2D eigenvalue weighted by Crippen LogP contribution is -1.99. The molecule has 99 valence electrons. The topological polar surface area (TPSA) is 67.6 Å². The second kappa shape index (κ2) is 5.90. The number of hydrogen-bond acceptors (Lipinski definition) is 5. The van der Waals surface area contributed by atoms with Gasteiger partial charge in [0.1, 0.15) is 0 Å². The van der Waals surface area contributed by atoms with Gasteiger partial charge >= 0.3 is 0 Å². The summed E-state index contributed by atoms with van der Waals surface area (Å²) in [6, 6.07) is 5.20. The molecule has 0 saturated heterocycles. The lowest BCUT2D eigenvalue weighted by atomic mass is 10.2. The van der Waals surface area contributed by atoms with Crippen molar-refractivity contribution in [2.75, 3.05) is 21.3 Å². The van der Waals surface area contributed by atoms with Crippen molar-refractivity contribution in [1.82, 2.24) is 15.3 Å². The Kier molecular flexibility index (Phi) is 4.02. The minimum Gasteiger partial charge on any atom is -0.493 e. The molecule has 0 saturated carbocycles. The van der Waals surface area contributed by atoms with Crippen LogP contribution >= 0.6 is 0 Å². The second-order valence-corrected chi connectivity index (χ2v) is 3.54. The van der Waals surface area contributed by atoms with Crippen LogP contribution < -0.4 is 19.5 Å². The van der Waals surface area contributed by atoms with Crippen molar-refractivity contribution >= 4 is 11.6 Å². The maximum absolute atomic E-state index is 5.25. The first kappa shape index (κ1) is 12.9. The Hall–Kier alpha value is -2.50. The summed E-state index contributed by atoms with van der Waals surface area (Å²) in [5.41, 5.74) is 0.626. The summed E-state index contributed by atoms with van der Waals surface area (Å²) in [5.74, 6) is 1.97. The average Bonchev–Trinajstić information content (AvgIpc) is 2.47. The Morgan fingerprint density at radius 3 is 1.95 bits per heavy atom. The van der Waals surface area contributed by atoms with Crippen LogP contribution in [0, 0.1) is 0 Å². The minimum atomic E-state index is 0.372. The van der Waals surface area contributed by atoms with Gasteiger partial charge in [-0.15, -0.1) is 0 Å². The van der Waals surface area contributed by atoms with E-state index >= 15 is 0 Å². The van der Waals surface area contributed by atoms with Crippen LogP contribution in [0.1, 0.15) is 0 Å². The summed E-state index contributed by atoms with van der Waals surface area (Å²) in [5, 5.41) is 4.30. The van der Waals surface area contributed by atoms with E-state index in [-0.39, 0.29) is 0 Å². The SMILES string of the molecule is COc1cc([N]c2ncccn2)cc(OC)c1OC. The van der Waals surface area contributed by atoms with Gasteiger partial charge in [-0.2, -0.15) is 0 Å². The smallest absolute Gasteiger partial charge is 0.249 e. The van der Waals surface area contributed by atoms with Gasteiger partial charge in [-0.3, -0.25) is 0 Å². The average molecular weight is 260 g/mol. The Morgan fingerprint density at radius 2 is 1.47 bits per heavy atom. The molecule has 1 radical (unpaired) electrons. The van der Waals surface area contributed by atoms with Gasteiger partial charge in [-0.05, 0) is 6.07 Å². The van der Waals surface area contributed by atoms with Gasteiger partial charge in [0, 0.05) is 24.5 Å². The van der Waals surface area contributed by atoms with Crippen LogP contribution in [0.5, 0.6) is 17.2 Å². The lowest BCUT2D eigenvalue weighted by Gasteiger charge is -2.13. The molecule has 0 aliphatic carbocycles. The zero-order valence-electron chi connectivity index (χ0n) is 11.0. The van der Waals surface area contributed by atoms with Gasteiger partial charge in [0.25, 0.3) is 0 Å². The predicted octanol–water partition coefficient (Wildman–Crippen LogP) is 2.07. The molecule has 0 spiro atoms. The zero-order valence-corrected chi connectivity index (χ0v) is 11.0. The Balaban J connectivity index is 2.36. The van der Waals surface area contributed by atoms with E-state index in [0.29, 0.717) is 28.9 Å². The summed E-state index contributed by atoms with van der Waals surface area (Å²) < 4.78 is 15.7. The third kappa shape index (κ3) is 2.85. The zero-order chi connectivity index (χ0) is 13.7. The van der Waals surface area contributed by atoms with E-state index in [1.54, 1.807) is 51.9 Å². The molecule has 19 heavy (non-hydrogen) atoms. The molecular formula is C13H14N3O3. The summed E-state index contributed by atoms with van der Waals surface area (Å²) in [4.78, 5) is 8.07. The molecule has 0 amide bonds. The minimum absolute atomic E-state index is 0.372. The molecule has 1 heterocycles. The van der Waals surface area contributed by atoms with Crippen LogP contribution in [0.2, 0.25) is 0 Å². The van der Waals surface area contributed by atoms with Crippen molar-refractivity contribution in [1.29, 1.82) is 0 Å². The standard InChI is InChI=1S/C13H14N3O3/c1-17-10-7-9(8-11(18-2)12(10)19-3)16-13-14-5-4-6-15-13/h4-8H,1-3H3. The molecule has 0 atom stereocenters. The summed E-state index contributed by atoms with van der Waals surface area (Å²) >= 11 is 0. The van der Waals surface area contributed by atoms with Gasteiger partial charge < -0.3 is 14.2 Å². The number of rotatable bonds is 5. The number of nitrogens with zero attached hydrogens (tertiary/aromatic N) is 3. The van der Waals surface area contributed by atoms with Crippen LogP contribution in [0.25, 0.3) is 0 Å². The molecule has 0 unspecified atom stereocenters. The van der Waals surface area contributed by atoms with E-state index in [4.69, 9.17) is 14.2 Å². The van der Waals surface area contributed by atoms with E-state index in [9.17, 15) is 0 Å². The quantitative estimate of drug-likeness (QED) is 0.823. The van der Waals surface area contributed by atoms with Crippen LogP contribution in [-0.2, 0) is 0 Å². The summed E-state index contributed by atoms with van der Waals surface area (Å²) in [6.07, 6.45) is 3.26. The molecule has 6 heteroatoms. The van der Waals surface area contributed by atoms with Crippen LogP contribution in [0.3, 0.4) is 0 Å². The maximum atomic E-state index is 5.25. The van der Waals surface area contributed by atoms with Gasteiger partial charge in [0.2, 0.25) is 11.7 Å². The monoisotopic (exact) mass is 260 g/mol. The first-order valence-electron chi connectivity index (χ1n) is 5.57. The molecule has 0 aliphatic heterocycles. The molecule has 2 aromatic rings. The fourth-order valence-corrected chi connectivity index (χ4v) is 1.60. The molecule has 0 aliphatic rings. The van der Waals surface area contributed by atoms with E-state index in [1.807, 2.05) is 0 Å². The van der Waals surface area contributed by atoms with E-state index in [2.05, 4.69) is 15.3 Å². The van der Waals surface area contributed by atoms with Crippen LogP contribution in [0.4, 0.5) is 11.6 Å². The molecule has 0 bridgehead atoms. The van der Waals surface area contributed by atoms with Crippen molar-refractivity contribution < 1.29 is 14.2 Å². The molecule has 2 rings (SSSR count). The normalized spacial score (nSPS) is 9.84. The summed E-state index contributed by atoms with van der Waals surface area (Å²) in [6.45, 7) is 0. The van der Waals surface area contributed by atoms with Crippen molar-refractivity contribution in [2.24, 2.45) is 0 Å². The fourth-order valence-electron chi connectivity index (χ4n) is 1.60. The van der Waals surface area contributed by atoms with Crippen molar-refractivity contribution in [3.05, 3.63) is 30.6 Å². The fraction of sp³-hybridized carbons (Fsp3) is 0.231. The van der Waals surface area contributed by atoms with E-state index in [0.717, 1.165) is 0 Å². The highest BCUT2D eigenvalue weighted by Gasteiger charge is 2.14. The predicted molar refractivity (Wildman–Crippen MR) is 69.6 cm³/mol. The lowest BCUT2D eigenvalue weighted by molar-refractivity contribution is 0.324. The van der Waals surface area contributed by atoms with Crippen LogP contribution in [-0.4, -0.2) is 31.3 Å². The number of hydrogen-bond donors (Lipinski definition) is 0. The third-order valence-electron chi connectivity index (χ3n) is 2.43. The molecule has 1 aromatic carbocycles. The van der Waals surface area contributed by atoms with E-state index in [1.165, 1.54) is 0 Å². The number of benzene rings is 1.